The summed E-state index contributed by atoms with van der Waals surface area (Å²) in [7, 11) is 0. The highest BCUT2D eigenvalue weighted by Gasteiger charge is 2.13. The maximum absolute atomic E-state index is 5.28. The van der Waals surface area contributed by atoms with Crippen molar-refractivity contribution < 1.29 is 9.26 Å². The Balaban J connectivity index is 1.48. The second kappa shape index (κ2) is 7.09. The van der Waals surface area contributed by atoms with Crippen molar-refractivity contribution in [3.63, 3.8) is 0 Å². The van der Waals surface area contributed by atoms with E-state index < -0.39 is 0 Å². The number of rotatable bonds is 6. The number of benzene rings is 1. The molecule has 9 nitrogen and oxygen atoms in total. The minimum Gasteiger partial charge on any atom is -0.477 e. The molecule has 0 bridgehead atoms. The zero-order valence-corrected chi connectivity index (χ0v) is 14.0. The summed E-state index contributed by atoms with van der Waals surface area (Å²) in [6, 6.07) is 9.66. The van der Waals surface area contributed by atoms with Crippen molar-refractivity contribution in [3.8, 4) is 23.1 Å². The van der Waals surface area contributed by atoms with Crippen molar-refractivity contribution in [2.75, 3.05) is 6.61 Å². The van der Waals surface area contributed by atoms with Gasteiger partial charge in [-0.05, 0) is 19.1 Å². The molecule has 3 heterocycles. The maximum atomic E-state index is 5.28. The van der Waals surface area contributed by atoms with Gasteiger partial charge in [-0.3, -0.25) is 0 Å². The number of nitrogens with zero attached hydrogens (tertiary/aromatic N) is 7. The van der Waals surface area contributed by atoms with Crippen LogP contribution < -0.4 is 4.74 Å². The second-order valence-electron chi connectivity index (χ2n) is 5.32. The Labute approximate surface area is 148 Å². The zero-order chi connectivity index (χ0) is 17.8. The van der Waals surface area contributed by atoms with E-state index in [4.69, 9.17) is 9.26 Å². The first-order valence-electron chi connectivity index (χ1n) is 8.06. The molecule has 0 atom stereocenters. The Morgan fingerprint density at radius 1 is 1.08 bits per heavy atom. The van der Waals surface area contributed by atoms with E-state index in [-0.39, 0.29) is 0 Å². The van der Waals surface area contributed by atoms with E-state index >= 15 is 0 Å². The van der Waals surface area contributed by atoms with E-state index in [0.717, 1.165) is 11.4 Å². The largest absolute Gasteiger partial charge is 0.477 e. The Kier molecular flexibility index (Phi) is 4.33. The van der Waals surface area contributed by atoms with E-state index in [2.05, 4.69) is 30.3 Å². The lowest BCUT2D eigenvalue weighted by Crippen LogP contribution is -1.99. The lowest BCUT2D eigenvalue weighted by atomic mass is 10.3. The monoisotopic (exact) mass is 349 g/mol. The van der Waals surface area contributed by atoms with Crippen LogP contribution in [-0.2, 0) is 6.42 Å². The number of para-hydroxylation sites is 1. The zero-order valence-electron chi connectivity index (χ0n) is 14.0. The summed E-state index contributed by atoms with van der Waals surface area (Å²) in [5, 5.41) is 12.6. The summed E-state index contributed by atoms with van der Waals surface area (Å²) in [5.41, 5.74) is 2.12. The van der Waals surface area contributed by atoms with E-state index in [9.17, 15) is 0 Å². The van der Waals surface area contributed by atoms with Crippen molar-refractivity contribution >= 4 is 0 Å². The van der Waals surface area contributed by atoms with Crippen molar-refractivity contribution in [3.05, 3.63) is 60.5 Å². The van der Waals surface area contributed by atoms with Gasteiger partial charge in [0.1, 0.15) is 5.69 Å². The highest BCUT2D eigenvalue weighted by atomic mass is 16.5. The molecule has 0 aliphatic carbocycles. The fourth-order valence-electron chi connectivity index (χ4n) is 2.30. The summed E-state index contributed by atoms with van der Waals surface area (Å²) in [5.74, 6) is 1.25. The number of hydrogen-bond acceptors (Lipinski definition) is 8. The third kappa shape index (κ3) is 3.41. The molecule has 4 aromatic rings. The van der Waals surface area contributed by atoms with E-state index in [1.165, 1.54) is 6.20 Å². The quantitative estimate of drug-likeness (QED) is 0.521. The van der Waals surface area contributed by atoms with Crippen LogP contribution in [0, 0.1) is 0 Å². The van der Waals surface area contributed by atoms with Gasteiger partial charge in [0.25, 0.3) is 0 Å². The fourth-order valence-corrected chi connectivity index (χ4v) is 2.30. The van der Waals surface area contributed by atoms with Gasteiger partial charge in [-0.1, -0.05) is 23.4 Å². The molecule has 3 aromatic heterocycles. The standard InChI is InChI=1S/C17H15N7O2/c1-2-25-16-11-18-14(10-19-16)17-21-15(26-23-17)8-12-9-20-24(22-12)13-6-4-3-5-7-13/h3-7,9-11H,2,8H2,1H3. The molecule has 0 radical (unpaired) electrons. The molecule has 0 fully saturated rings. The van der Waals surface area contributed by atoms with Gasteiger partial charge in [0, 0.05) is 0 Å². The number of aromatic nitrogens is 7. The van der Waals surface area contributed by atoms with Crippen LogP contribution in [0.4, 0.5) is 0 Å². The first-order valence-corrected chi connectivity index (χ1v) is 8.06. The molecule has 9 heteroatoms. The van der Waals surface area contributed by atoms with Gasteiger partial charge in [-0.25, -0.2) is 9.97 Å². The molecule has 0 unspecified atom stereocenters. The summed E-state index contributed by atoms with van der Waals surface area (Å²) < 4.78 is 10.5. The molecular formula is C17H15N7O2. The van der Waals surface area contributed by atoms with E-state index in [1.54, 1.807) is 17.2 Å². The first-order chi connectivity index (χ1) is 12.8. The molecule has 0 N–H and O–H groups in total. The van der Waals surface area contributed by atoms with E-state index in [0.29, 0.717) is 36.3 Å². The van der Waals surface area contributed by atoms with Gasteiger partial charge in [0.15, 0.2) is 0 Å². The Morgan fingerprint density at radius 3 is 2.73 bits per heavy atom. The molecule has 0 aliphatic heterocycles. The van der Waals surface area contributed by atoms with Crippen LogP contribution in [0.3, 0.4) is 0 Å². The molecule has 0 spiro atoms. The van der Waals surface area contributed by atoms with Gasteiger partial charge >= 0.3 is 0 Å². The summed E-state index contributed by atoms with van der Waals surface area (Å²) in [6.45, 7) is 2.42. The smallest absolute Gasteiger partial charge is 0.233 e. The highest BCUT2D eigenvalue weighted by Crippen LogP contribution is 2.15. The van der Waals surface area contributed by atoms with Gasteiger partial charge < -0.3 is 9.26 Å². The third-order valence-corrected chi connectivity index (χ3v) is 3.48. The van der Waals surface area contributed by atoms with Gasteiger partial charge in [-0.2, -0.15) is 20.0 Å². The summed E-state index contributed by atoms with van der Waals surface area (Å²) in [6.07, 6.45) is 5.13. The summed E-state index contributed by atoms with van der Waals surface area (Å²) in [4.78, 5) is 14.3. The Hall–Kier alpha value is -3.62. The minimum absolute atomic E-state index is 0.367. The molecule has 130 valence electrons. The van der Waals surface area contributed by atoms with Gasteiger partial charge in [-0.15, -0.1) is 0 Å². The Bertz CT molecular complexity index is 980. The van der Waals surface area contributed by atoms with Crippen LogP contribution >= 0.6 is 0 Å². The molecule has 1 aromatic carbocycles. The van der Waals surface area contributed by atoms with Crippen molar-refractivity contribution in [2.45, 2.75) is 13.3 Å². The predicted molar refractivity (Wildman–Crippen MR) is 90.7 cm³/mol. The van der Waals surface area contributed by atoms with Gasteiger partial charge in [0.05, 0.1) is 43.0 Å². The molecule has 0 saturated heterocycles. The maximum Gasteiger partial charge on any atom is 0.233 e. The molecule has 0 aliphatic rings. The predicted octanol–water partition coefficient (Wildman–Crippen LogP) is 2.10. The first kappa shape index (κ1) is 15.9. The minimum atomic E-state index is 0.367. The molecule has 0 amide bonds. The topological polar surface area (TPSA) is 105 Å². The van der Waals surface area contributed by atoms with Crippen LogP contribution in [0.2, 0.25) is 0 Å². The van der Waals surface area contributed by atoms with Crippen LogP contribution in [-0.4, -0.2) is 41.7 Å². The normalized spacial score (nSPS) is 10.8. The van der Waals surface area contributed by atoms with Crippen molar-refractivity contribution in [1.29, 1.82) is 0 Å². The Morgan fingerprint density at radius 2 is 1.96 bits per heavy atom. The fraction of sp³-hybridized carbons (Fsp3) is 0.176. The van der Waals surface area contributed by atoms with Crippen LogP contribution in [0.15, 0.2) is 53.4 Å². The van der Waals surface area contributed by atoms with Crippen molar-refractivity contribution in [2.24, 2.45) is 0 Å². The SMILES string of the molecule is CCOc1cnc(-c2noc(Cc3cnn(-c4ccccc4)n3)n2)cn1. The summed E-state index contributed by atoms with van der Waals surface area (Å²) >= 11 is 0. The van der Waals surface area contributed by atoms with Crippen LogP contribution in [0.1, 0.15) is 18.5 Å². The average molecular weight is 349 g/mol. The lowest BCUT2D eigenvalue weighted by Gasteiger charge is -2.00. The van der Waals surface area contributed by atoms with Gasteiger partial charge in [0.2, 0.25) is 17.6 Å². The highest BCUT2D eigenvalue weighted by molar-refractivity contribution is 5.46. The van der Waals surface area contributed by atoms with E-state index in [1.807, 2.05) is 37.3 Å². The second-order valence-corrected chi connectivity index (χ2v) is 5.32. The van der Waals surface area contributed by atoms with Crippen molar-refractivity contribution in [1.82, 2.24) is 35.1 Å². The molecule has 26 heavy (non-hydrogen) atoms. The molecule has 0 saturated carbocycles. The lowest BCUT2D eigenvalue weighted by molar-refractivity contribution is 0.325. The average Bonchev–Trinajstić information content (AvgIpc) is 3.34. The van der Waals surface area contributed by atoms with Crippen LogP contribution in [0.5, 0.6) is 5.88 Å². The van der Waals surface area contributed by atoms with Crippen LogP contribution in [0.25, 0.3) is 17.2 Å². The molecular weight excluding hydrogens is 334 g/mol. The number of hydrogen-bond donors (Lipinski definition) is 0. The molecule has 4 rings (SSSR count). The number of ether oxygens (including phenoxy) is 1. The third-order valence-electron chi connectivity index (χ3n) is 3.48.